The Morgan fingerprint density at radius 3 is 2.23 bits per heavy atom. The molecule has 0 spiro atoms. The van der Waals surface area contributed by atoms with E-state index in [1.165, 1.54) is 5.56 Å². The zero-order valence-corrected chi connectivity index (χ0v) is 19.1. The highest BCUT2D eigenvalue weighted by Gasteiger charge is 2.26. The molecule has 0 bridgehead atoms. The van der Waals surface area contributed by atoms with Crippen LogP contribution in [0.2, 0.25) is 0 Å². The first kappa shape index (κ1) is 22.7. The summed E-state index contributed by atoms with van der Waals surface area (Å²) in [6, 6.07) is 15.0. The maximum absolute atomic E-state index is 12.9. The molecule has 1 unspecified atom stereocenters. The number of rotatable bonds is 5. The van der Waals surface area contributed by atoms with Crippen LogP contribution in [-0.2, 0) is 10.2 Å². The Bertz CT molecular complexity index is 910. The molecule has 1 heterocycles. The van der Waals surface area contributed by atoms with E-state index >= 15 is 0 Å². The summed E-state index contributed by atoms with van der Waals surface area (Å²) in [7, 11) is 1.66. The van der Waals surface area contributed by atoms with Crippen LogP contribution >= 0.6 is 0 Å². The number of hydrogen-bond donors (Lipinski definition) is 1. The molecule has 0 aromatic heterocycles. The van der Waals surface area contributed by atoms with Gasteiger partial charge in [-0.3, -0.25) is 9.59 Å². The number of ether oxygens (including phenoxy) is 1. The molecule has 2 aromatic carbocycles. The minimum Gasteiger partial charge on any atom is -0.497 e. The summed E-state index contributed by atoms with van der Waals surface area (Å²) < 4.78 is 5.30. The fourth-order valence-corrected chi connectivity index (χ4v) is 3.73. The van der Waals surface area contributed by atoms with Crippen molar-refractivity contribution in [2.75, 3.05) is 38.2 Å². The molecule has 2 amide bonds. The van der Waals surface area contributed by atoms with Gasteiger partial charge in [-0.05, 0) is 42.2 Å². The zero-order valence-electron chi connectivity index (χ0n) is 19.1. The van der Waals surface area contributed by atoms with Gasteiger partial charge in [-0.2, -0.15) is 0 Å². The number of amides is 2. The quantitative estimate of drug-likeness (QED) is 0.800. The van der Waals surface area contributed by atoms with Gasteiger partial charge in [-0.25, -0.2) is 0 Å². The van der Waals surface area contributed by atoms with Gasteiger partial charge in [0.25, 0.3) is 5.91 Å². The first-order valence-corrected chi connectivity index (χ1v) is 10.8. The van der Waals surface area contributed by atoms with Crippen LogP contribution in [0.4, 0.5) is 5.69 Å². The average Bonchev–Trinajstić information content (AvgIpc) is 2.78. The van der Waals surface area contributed by atoms with E-state index in [9.17, 15) is 9.59 Å². The molecule has 0 saturated carbocycles. The molecule has 1 aliphatic rings. The number of benzene rings is 2. The number of carbonyl (C=O) groups is 2. The molecule has 1 saturated heterocycles. The molecule has 1 atom stereocenters. The van der Waals surface area contributed by atoms with Gasteiger partial charge >= 0.3 is 0 Å². The number of methoxy groups -OCH3 is 1. The molecule has 6 nitrogen and oxygen atoms in total. The largest absolute Gasteiger partial charge is 0.497 e. The van der Waals surface area contributed by atoms with Crippen molar-refractivity contribution in [1.29, 1.82) is 0 Å². The standard InChI is InChI=1S/C25H33N3O3/c1-18(26-23(29)19-9-11-20(12-10-19)25(2,3)4)24(30)28-15-13-27(14-16-28)21-7-6-8-22(17-21)31-5/h6-12,17-18H,13-16H2,1-5H3,(H,26,29). The average molecular weight is 424 g/mol. The van der Waals surface area contributed by atoms with Crippen molar-refractivity contribution in [2.45, 2.75) is 39.2 Å². The molecule has 2 aromatic rings. The maximum Gasteiger partial charge on any atom is 0.251 e. The lowest BCUT2D eigenvalue weighted by Gasteiger charge is -2.37. The number of carbonyl (C=O) groups excluding carboxylic acids is 2. The highest BCUT2D eigenvalue weighted by molar-refractivity contribution is 5.97. The predicted octanol–water partition coefficient (Wildman–Crippen LogP) is 3.46. The molecular weight excluding hydrogens is 390 g/mol. The van der Waals surface area contributed by atoms with E-state index in [0.29, 0.717) is 18.7 Å². The second-order valence-electron chi connectivity index (χ2n) is 9.04. The van der Waals surface area contributed by atoms with Crippen molar-refractivity contribution in [2.24, 2.45) is 0 Å². The fourth-order valence-electron chi connectivity index (χ4n) is 3.73. The minimum absolute atomic E-state index is 0.0330. The van der Waals surface area contributed by atoms with Crippen molar-refractivity contribution in [3.63, 3.8) is 0 Å². The monoisotopic (exact) mass is 423 g/mol. The van der Waals surface area contributed by atoms with Crippen molar-refractivity contribution >= 4 is 17.5 Å². The molecule has 0 aliphatic carbocycles. The summed E-state index contributed by atoms with van der Waals surface area (Å²) in [6.07, 6.45) is 0. The van der Waals surface area contributed by atoms with E-state index < -0.39 is 6.04 Å². The highest BCUT2D eigenvalue weighted by Crippen LogP contribution is 2.23. The Labute approximate surface area is 185 Å². The Kier molecular flexibility index (Phi) is 6.88. The third-order valence-corrected chi connectivity index (χ3v) is 5.74. The van der Waals surface area contributed by atoms with Crippen molar-refractivity contribution in [1.82, 2.24) is 10.2 Å². The highest BCUT2D eigenvalue weighted by atomic mass is 16.5. The molecule has 1 fully saturated rings. The van der Waals surface area contributed by atoms with Crippen LogP contribution in [0.5, 0.6) is 5.75 Å². The predicted molar refractivity (Wildman–Crippen MR) is 124 cm³/mol. The lowest BCUT2D eigenvalue weighted by molar-refractivity contribution is -0.133. The van der Waals surface area contributed by atoms with Crippen LogP contribution in [0.25, 0.3) is 0 Å². The van der Waals surface area contributed by atoms with Gasteiger partial charge in [0.05, 0.1) is 7.11 Å². The van der Waals surface area contributed by atoms with Gasteiger partial charge in [-0.1, -0.05) is 39.0 Å². The molecule has 1 N–H and O–H groups in total. The number of anilines is 1. The minimum atomic E-state index is -0.571. The topological polar surface area (TPSA) is 61.9 Å². The van der Waals surface area contributed by atoms with Gasteiger partial charge in [0.15, 0.2) is 0 Å². The Morgan fingerprint density at radius 1 is 1.00 bits per heavy atom. The first-order chi connectivity index (χ1) is 14.7. The van der Waals surface area contributed by atoms with Crippen LogP contribution in [0.1, 0.15) is 43.6 Å². The summed E-state index contributed by atoms with van der Waals surface area (Å²) in [5, 5.41) is 2.85. The molecule has 0 radical (unpaired) electrons. The van der Waals surface area contributed by atoms with E-state index in [1.807, 2.05) is 53.4 Å². The molecule has 6 heteroatoms. The summed E-state index contributed by atoms with van der Waals surface area (Å²) in [6.45, 7) is 10.9. The van der Waals surface area contributed by atoms with E-state index in [1.54, 1.807) is 14.0 Å². The van der Waals surface area contributed by atoms with Gasteiger partial charge in [0.1, 0.15) is 11.8 Å². The van der Waals surface area contributed by atoms with Gasteiger partial charge in [-0.15, -0.1) is 0 Å². The first-order valence-electron chi connectivity index (χ1n) is 10.8. The lowest BCUT2D eigenvalue weighted by atomic mass is 9.86. The molecule has 1 aliphatic heterocycles. The second kappa shape index (κ2) is 9.41. The second-order valence-corrected chi connectivity index (χ2v) is 9.04. The van der Waals surface area contributed by atoms with Crippen molar-refractivity contribution in [3.8, 4) is 5.75 Å². The normalized spacial score (nSPS) is 15.4. The zero-order chi connectivity index (χ0) is 22.6. The summed E-state index contributed by atoms with van der Waals surface area (Å²) in [5.74, 6) is 0.546. The Balaban J connectivity index is 1.54. The molecule has 166 valence electrons. The van der Waals surface area contributed by atoms with Gasteiger partial charge in [0.2, 0.25) is 5.91 Å². The summed E-state index contributed by atoms with van der Waals surface area (Å²) in [4.78, 5) is 29.5. The summed E-state index contributed by atoms with van der Waals surface area (Å²) in [5.41, 5.74) is 2.86. The van der Waals surface area contributed by atoms with Crippen molar-refractivity contribution in [3.05, 3.63) is 59.7 Å². The summed E-state index contributed by atoms with van der Waals surface area (Å²) >= 11 is 0. The van der Waals surface area contributed by atoms with Gasteiger partial charge < -0.3 is 19.9 Å². The third-order valence-electron chi connectivity index (χ3n) is 5.74. The SMILES string of the molecule is COc1cccc(N2CCN(C(=O)C(C)NC(=O)c3ccc(C(C)(C)C)cc3)CC2)c1. The van der Waals surface area contributed by atoms with Crippen LogP contribution < -0.4 is 15.0 Å². The van der Waals surface area contributed by atoms with Crippen LogP contribution in [0.3, 0.4) is 0 Å². The lowest BCUT2D eigenvalue weighted by Crippen LogP contribution is -2.54. The van der Waals surface area contributed by atoms with Crippen molar-refractivity contribution < 1.29 is 14.3 Å². The van der Waals surface area contributed by atoms with E-state index in [0.717, 1.165) is 24.5 Å². The molecule has 31 heavy (non-hydrogen) atoms. The van der Waals surface area contributed by atoms with E-state index in [-0.39, 0.29) is 17.2 Å². The van der Waals surface area contributed by atoms with Crippen LogP contribution in [0, 0.1) is 0 Å². The van der Waals surface area contributed by atoms with Crippen LogP contribution in [0.15, 0.2) is 48.5 Å². The third kappa shape index (κ3) is 5.57. The molecular formula is C25H33N3O3. The number of nitrogens with one attached hydrogen (secondary N) is 1. The van der Waals surface area contributed by atoms with E-state index in [4.69, 9.17) is 4.74 Å². The van der Waals surface area contributed by atoms with E-state index in [2.05, 4.69) is 31.0 Å². The number of piperazine rings is 1. The maximum atomic E-state index is 12.9. The smallest absolute Gasteiger partial charge is 0.251 e. The number of hydrogen-bond acceptors (Lipinski definition) is 4. The Hall–Kier alpha value is -3.02. The Morgan fingerprint density at radius 2 is 1.65 bits per heavy atom. The molecule has 3 rings (SSSR count). The number of nitrogens with zero attached hydrogens (tertiary/aromatic N) is 2. The fraction of sp³-hybridized carbons (Fsp3) is 0.440. The van der Waals surface area contributed by atoms with Gasteiger partial charge in [0, 0.05) is 43.5 Å². The van der Waals surface area contributed by atoms with Crippen LogP contribution in [-0.4, -0.2) is 56.0 Å².